The highest BCUT2D eigenvalue weighted by Gasteiger charge is 2.19. The van der Waals surface area contributed by atoms with Crippen molar-refractivity contribution in [3.05, 3.63) is 30.3 Å². The lowest BCUT2D eigenvalue weighted by atomic mass is 9.95. The first kappa shape index (κ1) is 19.5. The average Bonchev–Trinajstić information content (AvgIpc) is 2.59. The van der Waals surface area contributed by atoms with E-state index in [0.717, 1.165) is 37.9 Å². The van der Waals surface area contributed by atoms with Crippen molar-refractivity contribution in [2.45, 2.75) is 65.2 Å². The van der Waals surface area contributed by atoms with E-state index in [1.165, 1.54) is 19.3 Å². The Morgan fingerprint density at radius 2 is 1.61 bits per heavy atom. The molecule has 0 aromatic heterocycles. The van der Waals surface area contributed by atoms with E-state index in [9.17, 15) is 4.79 Å². The first-order valence-corrected chi connectivity index (χ1v) is 9.12. The van der Waals surface area contributed by atoms with Gasteiger partial charge in [-0.05, 0) is 25.0 Å². The van der Waals surface area contributed by atoms with Gasteiger partial charge in [0.15, 0.2) is 0 Å². The predicted octanol–water partition coefficient (Wildman–Crippen LogP) is 5.39. The molecule has 0 aliphatic carbocycles. The SMILES string of the molecule is CCCCCCC(CCCC)C(=O)OCCOc1ccccc1. The summed E-state index contributed by atoms with van der Waals surface area (Å²) in [6, 6.07) is 9.61. The van der Waals surface area contributed by atoms with E-state index >= 15 is 0 Å². The standard InChI is InChI=1S/C20H32O3/c1-3-5-7-9-13-18(12-6-4-2)20(21)23-17-16-22-19-14-10-8-11-15-19/h8,10-11,14-15,18H,3-7,9,12-13,16-17H2,1-2H3. The summed E-state index contributed by atoms with van der Waals surface area (Å²) in [6.07, 6.45) is 8.92. The largest absolute Gasteiger partial charge is 0.490 e. The van der Waals surface area contributed by atoms with Gasteiger partial charge < -0.3 is 9.47 Å². The van der Waals surface area contributed by atoms with Crippen molar-refractivity contribution in [1.29, 1.82) is 0 Å². The molecule has 0 fully saturated rings. The summed E-state index contributed by atoms with van der Waals surface area (Å²) >= 11 is 0. The zero-order chi connectivity index (χ0) is 16.8. The molecule has 1 unspecified atom stereocenters. The van der Waals surface area contributed by atoms with Crippen LogP contribution in [0.1, 0.15) is 65.2 Å². The van der Waals surface area contributed by atoms with Crippen LogP contribution in [-0.4, -0.2) is 19.2 Å². The summed E-state index contributed by atoms with van der Waals surface area (Å²) in [7, 11) is 0. The van der Waals surface area contributed by atoms with Crippen molar-refractivity contribution in [2.75, 3.05) is 13.2 Å². The highest BCUT2D eigenvalue weighted by molar-refractivity contribution is 5.72. The third-order valence-corrected chi connectivity index (χ3v) is 3.99. The molecule has 0 radical (unpaired) electrons. The van der Waals surface area contributed by atoms with Gasteiger partial charge in [-0.2, -0.15) is 0 Å². The molecule has 1 rings (SSSR count). The van der Waals surface area contributed by atoms with Gasteiger partial charge in [0.25, 0.3) is 0 Å². The Morgan fingerprint density at radius 1 is 0.913 bits per heavy atom. The van der Waals surface area contributed by atoms with Crippen LogP contribution in [-0.2, 0) is 9.53 Å². The van der Waals surface area contributed by atoms with Gasteiger partial charge in [0.05, 0.1) is 5.92 Å². The lowest BCUT2D eigenvalue weighted by Crippen LogP contribution is -2.20. The van der Waals surface area contributed by atoms with Crippen molar-refractivity contribution in [1.82, 2.24) is 0 Å². The van der Waals surface area contributed by atoms with Crippen LogP contribution in [0.25, 0.3) is 0 Å². The van der Waals surface area contributed by atoms with Crippen LogP contribution in [0, 0.1) is 5.92 Å². The van der Waals surface area contributed by atoms with Crippen LogP contribution in [0.15, 0.2) is 30.3 Å². The van der Waals surface area contributed by atoms with Crippen molar-refractivity contribution in [3.8, 4) is 5.75 Å². The molecule has 0 saturated heterocycles. The number of hydrogen-bond donors (Lipinski definition) is 0. The van der Waals surface area contributed by atoms with E-state index < -0.39 is 0 Å². The van der Waals surface area contributed by atoms with Crippen LogP contribution in [0.4, 0.5) is 0 Å². The van der Waals surface area contributed by atoms with Gasteiger partial charge >= 0.3 is 5.97 Å². The van der Waals surface area contributed by atoms with E-state index in [4.69, 9.17) is 9.47 Å². The number of carbonyl (C=O) groups is 1. The lowest BCUT2D eigenvalue weighted by Gasteiger charge is -2.16. The first-order valence-electron chi connectivity index (χ1n) is 9.12. The number of benzene rings is 1. The number of rotatable bonds is 13. The molecule has 0 spiro atoms. The molecular formula is C20H32O3. The molecule has 23 heavy (non-hydrogen) atoms. The van der Waals surface area contributed by atoms with Crippen LogP contribution < -0.4 is 4.74 Å². The van der Waals surface area contributed by atoms with E-state index in [2.05, 4.69) is 13.8 Å². The fourth-order valence-corrected chi connectivity index (χ4v) is 2.58. The number of para-hydroxylation sites is 1. The van der Waals surface area contributed by atoms with Gasteiger partial charge in [-0.15, -0.1) is 0 Å². The molecule has 1 aromatic carbocycles. The number of ether oxygens (including phenoxy) is 2. The summed E-state index contributed by atoms with van der Waals surface area (Å²) in [5.74, 6) is 0.820. The molecule has 0 N–H and O–H groups in total. The summed E-state index contributed by atoms with van der Waals surface area (Å²) in [5, 5.41) is 0. The van der Waals surface area contributed by atoms with Crippen LogP contribution in [0.2, 0.25) is 0 Å². The zero-order valence-corrected chi connectivity index (χ0v) is 14.8. The monoisotopic (exact) mass is 320 g/mol. The molecule has 3 heteroatoms. The molecular weight excluding hydrogens is 288 g/mol. The molecule has 1 aromatic rings. The highest BCUT2D eigenvalue weighted by Crippen LogP contribution is 2.19. The molecule has 0 amide bonds. The molecule has 1 atom stereocenters. The van der Waals surface area contributed by atoms with Gasteiger partial charge in [-0.1, -0.05) is 70.6 Å². The minimum absolute atomic E-state index is 0.0494. The highest BCUT2D eigenvalue weighted by atomic mass is 16.6. The Morgan fingerprint density at radius 3 is 2.30 bits per heavy atom. The molecule has 0 saturated carbocycles. The molecule has 0 aliphatic heterocycles. The van der Waals surface area contributed by atoms with E-state index in [-0.39, 0.29) is 11.9 Å². The fraction of sp³-hybridized carbons (Fsp3) is 0.650. The Labute approximate surface area is 141 Å². The number of esters is 1. The Balaban J connectivity index is 2.25. The Bertz CT molecular complexity index is 403. The molecule has 0 heterocycles. The third-order valence-electron chi connectivity index (χ3n) is 3.99. The average molecular weight is 320 g/mol. The maximum atomic E-state index is 12.2. The van der Waals surface area contributed by atoms with Crippen molar-refractivity contribution < 1.29 is 14.3 Å². The number of carbonyl (C=O) groups excluding carboxylic acids is 1. The van der Waals surface area contributed by atoms with E-state index in [0.29, 0.717) is 13.2 Å². The summed E-state index contributed by atoms with van der Waals surface area (Å²) < 4.78 is 11.0. The Hall–Kier alpha value is -1.51. The van der Waals surface area contributed by atoms with Crippen molar-refractivity contribution >= 4 is 5.97 Å². The number of unbranched alkanes of at least 4 members (excludes halogenated alkanes) is 4. The quantitative estimate of drug-likeness (QED) is 0.361. The second-order valence-electron chi connectivity index (χ2n) is 6.02. The van der Waals surface area contributed by atoms with Gasteiger partial charge in [0.2, 0.25) is 0 Å². The fourth-order valence-electron chi connectivity index (χ4n) is 2.58. The van der Waals surface area contributed by atoms with Gasteiger partial charge in [0.1, 0.15) is 19.0 Å². The summed E-state index contributed by atoms with van der Waals surface area (Å²) in [5.41, 5.74) is 0. The van der Waals surface area contributed by atoms with E-state index in [1.807, 2.05) is 30.3 Å². The minimum atomic E-state index is -0.0494. The van der Waals surface area contributed by atoms with Crippen LogP contribution in [0.3, 0.4) is 0 Å². The first-order chi connectivity index (χ1) is 11.3. The maximum absolute atomic E-state index is 12.2. The maximum Gasteiger partial charge on any atom is 0.309 e. The summed E-state index contributed by atoms with van der Waals surface area (Å²) in [6.45, 7) is 5.10. The van der Waals surface area contributed by atoms with Gasteiger partial charge in [-0.25, -0.2) is 0 Å². The van der Waals surface area contributed by atoms with Crippen molar-refractivity contribution in [3.63, 3.8) is 0 Å². The smallest absolute Gasteiger partial charge is 0.309 e. The lowest BCUT2D eigenvalue weighted by molar-refractivity contribution is -0.149. The molecule has 130 valence electrons. The van der Waals surface area contributed by atoms with Gasteiger partial charge in [0, 0.05) is 0 Å². The molecule has 0 aliphatic rings. The summed E-state index contributed by atoms with van der Waals surface area (Å²) in [4.78, 5) is 12.2. The molecule has 0 bridgehead atoms. The second kappa shape index (κ2) is 13.0. The van der Waals surface area contributed by atoms with Crippen LogP contribution in [0.5, 0.6) is 5.75 Å². The van der Waals surface area contributed by atoms with Crippen LogP contribution >= 0.6 is 0 Å². The predicted molar refractivity (Wildman–Crippen MR) is 94.7 cm³/mol. The topological polar surface area (TPSA) is 35.5 Å². The van der Waals surface area contributed by atoms with Gasteiger partial charge in [-0.3, -0.25) is 4.79 Å². The number of hydrogen-bond acceptors (Lipinski definition) is 3. The zero-order valence-electron chi connectivity index (χ0n) is 14.8. The van der Waals surface area contributed by atoms with E-state index in [1.54, 1.807) is 0 Å². The minimum Gasteiger partial charge on any atom is -0.490 e. The normalized spacial score (nSPS) is 11.9. The molecule has 3 nitrogen and oxygen atoms in total. The Kier molecular flexibility index (Phi) is 11.0. The second-order valence-corrected chi connectivity index (χ2v) is 6.02. The third kappa shape index (κ3) is 9.27. The van der Waals surface area contributed by atoms with Crippen molar-refractivity contribution in [2.24, 2.45) is 5.92 Å².